The highest BCUT2D eigenvalue weighted by Gasteiger charge is 2.55. The number of rotatable bonds is 6. The number of hydrogen-bond acceptors (Lipinski definition) is 9. The van der Waals surface area contributed by atoms with E-state index in [1.165, 1.54) is 0 Å². The summed E-state index contributed by atoms with van der Waals surface area (Å²) in [6.45, 7) is 9.39. The maximum Gasteiger partial charge on any atom is 0.308 e. The van der Waals surface area contributed by atoms with Gasteiger partial charge >= 0.3 is 17.9 Å². The van der Waals surface area contributed by atoms with Crippen molar-refractivity contribution in [1.82, 2.24) is 0 Å². The van der Waals surface area contributed by atoms with Crippen molar-refractivity contribution in [3.8, 4) is 0 Å². The molecule has 0 aromatic rings. The second-order valence-electron chi connectivity index (χ2n) is 7.64. The molecule has 0 amide bonds. The number of carbonyl (C=O) groups is 3. The standard InChI is InChI=1S/C18H30O9/c1-7(2)16(22)25-13-11(20)10(19)12(21)14(26-17(23)8(3)4)15(13)27-18(24)9(5)6/h7-15,19-21H,1-6H3/t10-,11-,12-,13+,14-,15-/m1/s1. The molecule has 6 atom stereocenters. The molecule has 156 valence electrons. The zero-order valence-electron chi connectivity index (χ0n) is 16.5. The Kier molecular flexibility index (Phi) is 8.19. The van der Waals surface area contributed by atoms with Crippen LogP contribution < -0.4 is 0 Å². The Hall–Kier alpha value is -1.71. The first-order valence-electron chi connectivity index (χ1n) is 9.04. The summed E-state index contributed by atoms with van der Waals surface area (Å²) in [6, 6.07) is 0. The second kappa shape index (κ2) is 9.48. The van der Waals surface area contributed by atoms with E-state index in [9.17, 15) is 29.7 Å². The summed E-state index contributed by atoms with van der Waals surface area (Å²) in [5, 5.41) is 30.7. The summed E-state index contributed by atoms with van der Waals surface area (Å²) in [5.41, 5.74) is 0. The zero-order chi connectivity index (χ0) is 21.0. The van der Waals surface area contributed by atoms with Gasteiger partial charge in [-0.3, -0.25) is 14.4 Å². The molecule has 0 aromatic heterocycles. The molecule has 1 fully saturated rings. The average Bonchev–Trinajstić information content (AvgIpc) is 2.58. The van der Waals surface area contributed by atoms with Gasteiger partial charge in [-0.25, -0.2) is 0 Å². The summed E-state index contributed by atoms with van der Waals surface area (Å²) in [7, 11) is 0. The molecule has 1 saturated carbocycles. The molecular weight excluding hydrogens is 360 g/mol. The van der Waals surface area contributed by atoms with Gasteiger partial charge in [0, 0.05) is 0 Å². The molecule has 1 aliphatic rings. The highest BCUT2D eigenvalue weighted by atomic mass is 16.6. The highest BCUT2D eigenvalue weighted by Crippen LogP contribution is 2.30. The second-order valence-corrected chi connectivity index (χ2v) is 7.64. The molecule has 0 spiro atoms. The van der Waals surface area contributed by atoms with Crippen LogP contribution in [0.15, 0.2) is 0 Å². The molecule has 0 radical (unpaired) electrons. The van der Waals surface area contributed by atoms with E-state index < -0.39 is 72.3 Å². The Morgan fingerprint density at radius 2 is 0.815 bits per heavy atom. The lowest BCUT2D eigenvalue weighted by atomic mass is 9.84. The smallest absolute Gasteiger partial charge is 0.308 e. The SMILES string of the molecule is CC(C)C(=O)O[C@H]1[C@H](OC(=O)C(C)C)[C@H](O)[C@H](O)[C@@H](O)[C@@H]1OC(=O)C(C)C. The van der Waals surface area contributed by atoms with Crippen molar-refractivity contribution in [2.24, 2.45) is 17.8 Å². The van der Waals surface area contributed by atoms with Crippen LogP contribution in [0.4, 0.5) is 0 Å². The number of carbonyl (C=O) groups excluding carboxylic acids is 3. The lowest BCUT2D eigenvalue weighted by molar-refractivity contribution is -0.250. The normalized spacial score (nSPS) is 31.1. The molecule has 9 nitrogen and oxygen atoms in total. The van der Waals surface area contributed by atoms with Crippen LogP contribution in [0.2, 0.25) is 0 Å². The molecule has 0 bridgehead atoms. The molecule has 0 heterocycles. The zero-order valence-corrected chi connectivity index (χ0v) is 16.5. The van der Waals surface area contributed by atoms with E-state index in [1.54, 1.807) is 41.5 Å². The van der Waals surface area contributed by atoms with E-state index in [-0.39, 0.29) is 0 Å². The van der Waals surface area contributed by atoms with Crippen molar-refractivity contribution in [2.75, 3.05) is 0 Å². The minimum Gasteiger partial charge on any atom is -0.455 e. The molecule has 0 saturated heterocycles. The molecular formula is C18H30O9. The van der Waals surface area contributed by atoms with Gasteiger partial charge < -0.3 is 29.5 Å². The lowest BCUT2D eigenvalue weighted by Gasteiger charge is -2.44. The third kappa shape index (κ3) is 5.63. The monoisotopic (exact) mass is 390 g/mol. The van der Waals surface area contributed by atoms with Crippen LogP contribution in [0.25, 0.3) is 0 Å². The van der Waals surface area contributed by atoms with Crippen molar-refractivity contribution >= 4 is 17.9 Å². The Morgan fingerprint density at radius 1 is 0.556 bits per heavy atom. The Balaban J connectivity index is 3.26. The van der Waals surface area contributed by atoms with Crippen LogP contribution in [0.1, 0.15) is 41.5 Å². The van der Waals surface area contributed by atoms with Crippen molar-refractivity contribution < 1.29 is 43.9 Å². The van der Waals surface area contributed by atoms with Gasteiger partial charge in [-0.05, 0) is 0 Å². The largest absolute Gasteiger partial charge is 0.455 e. The molecule has 1 aliphatic carbocycles. The van der Waals surface area contributed by atoms with Crippen LogP contribution in [0.3, 0.4) is 0 Å². The predicted molar refractivity (Wildman–Crippen MR) is 92.2 cm³/mol. The number of aliphatic hydroxyl groups excluding tert-OH is 3. The van der Waals surface area contributed by atoms with Gasteiger partial charge in [0.2, 0.25) is 0 Å². The molecule has 9 heteroatoms. The first-order chi connectivity index (χ1) is 12.4. The fourth-order valence-electron chi connectivity index (χ4n) is 2.38. The van der Waals surface area contributed by atoms with Gasteiger partial charge in [0.05, 0.1) is 17.8 Å². The average molecular weight is 390 g/mol. The Morgan fingerprint density at radius 3 is 1.07 bits per heavy atom. The van der Waals surface area contributed by atoms with Crippen LogP contribution in [-0.2, 0) is 28.6 Å². The van der Waals surface area contributed by atoms with Crippen LogP contribution >= 0.6 is 0 Å². The van der Waals surface area contributed by atoms with Gasteiger partial charge in [-0.1, -0.05) is 41.5 Å². The van der Waals surface area contributed by atoms with Gasteiger partial charge in [-0.15, -0.1) is 0 Å². The molecule has 0 aliphatic heterocycles. The fourth-order valence-corrected chi connectivity index (χ4v) is 2.38. The van der Waals surface area contributed by atoms with Crippen LogP contribution in [0.5, 0.6) is 0 Å². The summed E-state index contributed by atoms with van der Waals surface area (Å²) in [5.74, 6) is -3.79. The van der Waals surface area contributed by atoms with Gasteiger partial charge in [0.1, 0.15) is 18.3 Å². The van der Waals surface area contributed by atoms with E-state index in [2.05, 4.69) is 0 Å². The van der Waals surface area contributed by atoms with Crippen molar-refractivity contribution in [2.45, 2.75) is 78.2 Å². The maximum absolute atomic E-state index is 12.1. The van der Waals surface area contributed by atoms with Crippen molar-refractivity contribution in [1.29, 1.82) is 0 Å². The van der Waals surface area contributed by atoms with E-state index >= 15 is 0 Å². The quantitative estimate of drug-likeness (QED) is 0.415. The van der Waals surface area contributed by atoms with Crippen LogP contribution in [-0.4, -0.2) is 69.9 Å². The van der Waals surface area contributed by atoms with E-state index in [4.69, 9.17) is 14.2 Å². The van der Waals surface area contributed by atoms with Gasteiger partial charge in [-0.2, -0.15) is 0 Å². The summed E-state index contributed by atoms with van der Waals surface area (Å²) in [4.78, 5) is 36.2. The van der Waals surface area contributed by atoms with Gasteiger partial charge in [0.15, 0.2) is 18.3 Å². The molecule has 0 aromatic carbocycles. The summed E-state index contributed by atoms with van der Waals surface area (Å²) < 4.78 is 15.7. The highest BCUT2D eigenvalue weighted by molar-refractivity contribution is 5.74. The van der Waals surface area contributed by atoms with E-state index in [1.807, 2.05) is 0 Å². The van der Waals surface area contributed by atoms with E-state index in [0.717, 1.165) is 0 Å². The third-order valence-electron chi connectivity index (χ3n) is 4.19. The first kappa shape index (κ1) is 23.3. The molecule has 27 heavy (non-hydrogen) atoms. The number of hydrogen-bond donors (Lipinski definition) is 3. The third-order valence-corrected chi connectivity index (χ3v) is 4.19. The first-order valence-corrected chi connectivity index (χ1v) is 9.04. The number of aliphatic hydroxyl groups is 3. The van der Waals surface area contributed by atoms with Crippen LogP contribution in [0, 0.1) is 17.8 Å². The molecule has 3 N–H and O–H groups in total. The minimum atomic E-state index is -1.77. The number of ether oxygens (including phenoxy) is 3. The van der Waals surface area contributed by atoms with E-state index in [0.29, 0.717) is 0 Å². The topological polar surface area (TPSA) is 140 Å². The maximum atomic E-state index is 12.1. The molecule has 0 unspecified atom stereocenters. The molecule has 1 rings (SSSR count). The van der Waals surface area contributed by atoms with Crippen molar-refractivity contribution in [3.05, 3.63) is 0 Å². The Bertz CT molecular complexity index is 507. The lowest BCUT2D eigenvalue weighted by Crippen LogP contribution is -2.67. The predicted octanol–water partition coefficient (Wildman–Crippen LogP) is -0.214. The summed E-state index contributed by atoms with van der Waals surface area (Å²) >= 11 is 0. The Labute approximate surface area is 158 Å². The fraction of sp³-hybridized carbons (Fsp3) is 0.833. The summed E-state index contributed by atoms with van der Waals surface area (Å²) in [6.07, 6.45) is -9.73. The van der Waals surface area contributed by atoms with Crippen molar-refractivity contribution in [3.63, 3.8) is 0 Å². The minimum absolute atomic E-state index is 0.556. The number of esters is 3. The van der Waals surface area contributed by atoms with Gasteiger partial charge in [0.25, 0.3) is 0 Å².